The number of imidazole rings is 1. The molecular weight excluding hydrogens is 230 g/mol. The summed E-state index contributed by atoms with van der Waals surface area (Å²) in [6, 6.07) is 2.18. The van der Waals surface area contributed by atoms with E-state index in [1.807, 2.05) is 6.07 Å². The highest BCUT2D eigenvalue weighted by Gasteiger charge is 2.26. The second kappa shape index (κ2) is 3.96. The number of nitrogens with one attached hydrogen (secondary N) is 2. The molecule has 0 amide bonds. The molecule has 0 saturated carbocycles. The van der Waals surface area contributed by atoms with E-state index in [1.54, 1.807) is 6.26 Å². The van der Waals surface area contributed by atoms with E-state index in [1.165, 1.54) is 5.69 Å². The number of hydrogen-bond acceptors (Lipinski definition) is 4. The Bertz CT molecular complexity index is 567. The van der Waals surface area contributed by atoms with E-state index in [-0.39, 0.29) is 6.04 Å². The first-order chi connectivity index (χ1) is 8.92. The zero-order valence-corrected chi connectivity index (χ0v) is 10.0. The van der Waals surface area contributed by atoms with E-state index in [0.717, 1.165) is 48.8 Å². The van der Waals surface area contributed by atoms with Gasteiger partial charge in [0.25, 0.3) is 0 Å². The van der Waals surface area contributed by atoms with Crippen molar-refractivity contribution >= 4 is 0 Å². The maximum atomic E-state index is 5.48. The molecule has 5 nitrogen and oxygen atoms in total. The molecule has 94 valence electrons. The first-order valence-electron chi connectivity index (χ1n) is 6.38. The zero-order chi connectivity index (χ0) is 11.9. The summed E-state index contributed by atoms with van der Waals surface area (Å²) in [5.41, 5.74) is 3.40. The molecule has 4 rings (SSSR count). The lowest BCUT2D eigenvalue weighted by Gasteiger charge is -2.21. The number of aromatic nitrogens is 2. The van der Waals surface area contributed by atoms with Gasteiger partial charge in [-0.2, -0.15) is 0 Å². The lowest BCUT2D eigenvalue weighted by atomic mass is 10.00. The van der Waals surface area contributed by atoms with Crippen LogP contribution >= 0.6 is 0 Å². The monoisotopic (exact) mass is 245 g/mol. The Morgan fingerprint density at radius 1 is 1.33 bits per heavy atom. The van der Waals surface area contributed by atoms with Crippen molar-refractivity contribution in [2.75, 3.05) is 19.8 Å². The van der Waals surface area contributed by atoms with Crippen molar-refractivity contribution in [2.45, 2.75) is 18.9 Å². The third-order valence-electron chi connectivity index (χ3n) is 3.65. The lowest BCUT2D eigenvalue weighted by Crippen LogP contribution is -2.35. The van der Waals surface area contributed by atoms with Gasteiger partial charge in [-0.3, -0.25) is 0 Å². The summed E-state index contributed by atoms with van der Waals surface area (Å²) in [6.07, 6.45) is 3.66. The molecule has 1 aliphatic heterocycles. The average molecular weight is 245 g/mol. The Hall–Kier alpha value is -1.59. The van der Waals surface area contributed by atoms with Crippen LogP contribution in [0.2, 0.25) is 0 Å². The summed E-state index contributed by atoms with van der Waals surface area (Å²) in [5.74, 6) is 2.03. The van der Waals surface area contributed by atoms with E-state index in [4.69, 9.17) is 14.1 Å². The van der Waals surface area contributed by atoms with Crippen molar-refractivity contribution in [3.63, 3.8) is 0 Å². The summed E-state index contributed by atoms with van der Waals surface area (Å²) in [4.78, 5) is 8.17. The van der Waals surface area contributed by atoms with Crippen molar-refractivity contribution in [1.29, 1.82) is 0 Å². The van der Waals surface area contributed by atoms with Gasteiger partial charge >= 0.3 is 0 Å². The van der Waals surface area contributed by atoms with Gasteiger partial charge in [-0.1, -0.05) is 0 Å². The summed E-state index contributed by atoms with van der Waals surface area (Å²) < 4.78 is 11.0. The van der Waals surface area contributed by atoms with E-state index >= 15 is 0 Å². The largest absolute Gasteiger partial charge is 0.469 e. The fourth-order valence-electron chi connectivity index (χ4n) is 2.72. The van der Waals surface area contributed by atoms with Gasteiger partial charge in [0.15, 0.2) is 0 Å². The van der Waals surface area contributed by atoms with Gasteiger partial charge in [-0.15, -0.1) is 0 Å². The number of fused-ring (bicyclic) bond motifs is 3. The predicted octanol–water partition coefficient (Wildman–Crippen LogP) is 1.43. The Morgan fingerprint density at radius 3 is 3.22 bits per heavy atom. The molecule has 1 saturated heterocycles. The van der Waals surface area contributed by atoms with Gasteiger partial charge in [0.2, 0.25) is 0 Å². The fourth-order valence-corrected chi connectivity index (χ4v) is 2.72. The minimum Gasteiger partial charge on any atom is -0.469 e. The van der Waals surface area contributed by atoms with Crippen LogP contribution < -0.4 is 5.32 Å². The highest BCUT2D eigenvalue weighted by molar-refractivity contribution is 5.66. The second-order valence-electron chi connectivity index (χ2n) is 4.79. The van der Waals surface area contributed by atoms with Gasteiger partial charge in [-0.25, -0.2) is 4.98 Å². The van der Waals surface area contributed by atoms with E-state index in [2.05, 4.69) is 10.3 Å². The minimum atomic E-state index is 0.180. The molecule has 2 aromatic heterocycles. The third-order valence-corrected chi connectivity index (χ3v) is 3.65. The van der Waals surface area contributed by atoms with Crippen LogP contribution in [0.1, 0.15) is 23.3 Å². The van der Waals surface area contributed by atoms with Crippen LogP contribution in [0.3, 0.4) is 0 Å². The molecule has 2 N–H and O–H groups in total. The molecule has 0 bridgehead atoms. The maximum absolute atomic E-state index is 5.48. The first kappa shape index (κ1) is 10.3. The number of ether oxygens (including phenoxy) is 1. The normalized spacial score (nSPS) is 22.6. The van der Waals surface area contributed by atoms with Crippen LogP contribution in [0.5, 0.6) is 0 Å². The molecule has 1 atom stereocenters. The Labute approximate surface area is 105 Å². The summed E-state index contributed by atoms with van der Waals surface area (Å²) in [7, 11) is 0. The highest BCUT2D eigenvalue weighted by atomic mass is 16.5. The van der Waals surface area contributed by atoms with Crippen molar-refractivity contribution in [3.05, 3.63) is 29.6 Å². The SMILES string of the molecule is c1cc2c(o1)CCc1[nH]c(C3COCCN3)nc1-2. The van der Waals surface area contributed by atoms with Gasteiger partial charge in [0.05, 0.1) is 31.2 Å². The highest BCUT2D eigenvalue weighted by Crippen LogP contribution is 2.33. The Balaban J connectivity index is 1.73. The number of nitrogens with zero attached hydrogens (tertiary/aromatic N) is 1. The molecule has 2 aromatic rings. The van der Waals surface area contributed by atoms with Gasteiger partial charge < -0.3 is 19.5 Å². The van der Waals surface area contributed by atoms with Crippen LogP contribution in [0.4, 0.5) is 0 Å². The number of rotatable bonds is 1. The topological polar surface area (TPSA) is 63.1 Å². The number of aryl methyl sites for hydroxylation is 2. The third kappa shape index (κ3) is 1.51. The van der Waals surface area contributed by atoms with Gasteiger partial charge in [0, 0.05) is 24.2 Å². The standard InChI is InChI=1S/C13H15N3O2/c1-2-11-8(3-5-18-11)12-9(1)15-13(16-12)10-7-17-6-4-14-10/h3,5,10,14H,1-2,4,6-7H2,(H,15,16). The van der Waals surface area contributed by atoms with Crippen LogP contribution in [-0.2, 0) is 17.6 Å². The number of furan rings is 1. The Kier molecular flexibility index (Phi) is 2.28. The first-order valence-corrected chi connectivity index (χ1v) is 6.38. The van der Waals surface area contributed by atoms with E-state index < -0.39 is 0 Å². The Morgan fingerprint density at radius 2 is 2.33 bits per heavy atom. The fraction of sp³-hybridized carbons (Fsp3) is 0.462. The number of H-pyrrole nitrogens is 1. The van der Waals surface area contributed by atoms with Crippen molar-refractivity contribution < 1.29 is 9.15 Å². The predicted molar refractivity (Wildman–Crippen MR) is 65.3 cm³/mol. The zero-order valence-electron chi connectivity index (χ0n) is 10.0. The molecule has 0 radical (unpaired) electrons. The molecule has 1 aliphatic carbocycles. The molecule has 0 spiro atoms. The number of morpholine rings is 1. The second-order valence-corrected chi connectivity index (χ2v) is 4.79. The van der Waals surface area contributed by atoms with Crippen LogP contribution in [0.15, 0.2) is 16.7 Å². The van der Waals surface area contributed by atoms with Crippen LogP contribution in [-0.4, -0.2) is 29.7 Å². The maximum Gasteiger partial charge on any atom is 0.126 e. The lowest BCUT2D eigenvalue weighted by molar-refractivity contribution is 0.0745. The summed E-state index contributed by atoms with van der Waals surface area (Å²) >= 11 is 0. The number of aromatic amines is 1. The summed E-state index contributed by atoms with van der Waals surface area (Å²) in [6.45, 7) is 2.35. The molecule has 0 aromatic carbocycles. The molecule has 1 unspecified atom stereocenters. The van der Waals surface area contributed by atoms with Crippen molar-refractivity contribution in [1.82, 2.24) is 15.3 Å². The van der Waals surface area contributed by atoms with Crippen molar-refractivity contribution in [2.24, 2.45) is 0 Å². The molecule has 3 heterocycles. The van der Waals surface area contributed by atoms with Gasteiger partial charge in [-0.05, 0) is 12.5 Å². The van der Waals surface area contributed by atoms with E-state index in [0.29, 0.717) is 6.61 Å². The van der Waals surface area contributed by atoms with Gasteiger partial charge in [0.1, 0.15) is 11.6 Å². The quantitative estimate of drug-likeness (QED) is 0.797. The molecular formula is C13H15N3O2. The van der Waals surface area contributed by atoms with Crippen LogP contribution in [0, 0.1) is 0 Å². The molecule has 18 heavy (non-hydrogen) atoms. The van der Waals surface area contributed by atoms with E-state index in [9.17, 15) is 0 Å². The van der Waals surface area contributed by atoms with Crippen LogP contribution in [0.25, 0.3) is 11.3 Å². The molecule has 2 aliphatic rings. The average Bonchev–Trinajstić information content (AvgIpc) is 3.05. The smallest absolute Gasteiger partial charge is 0.126 e. The minimum absolute atomic E-state index is 0.180. The summed E-state index contributed by atoms with van der Waals surface area (Å²) in [5, 5.41) is 3.42. The molecule has 5 heteroatoms. The number of hydrogen-bond donors (Lipinski definition) is 2. The molecule has 1 fully saturated rings. The van der Waals surface area contributed by atoms with Crippen molar-refractivity contribution in [3.8, 4) is 11.3 Å².